The zero-order chi connectivity index (χ0) is 11.6. The fourth-order valence-electron chi connectivity index (χ4n) is 2.93. The fourth-order valence-corrected chi connectivity index (χ4v) is 2.93. The van der Waals surface area contributed by atoms with E-state index in [1.165, 1.54) is 0 Å². The quantitative estimate of drug-likeness (QED) is 0.417. The lowest BCUT2D eigenvalue weighted by Crippen LogP contribution is -2.37. The minimum absolute atomic E-state index is 0.0400. The van der Waals surface area contributed by atoms with Crippen molar-refractivity contribution in [3.63, 3.8) is 0 Å². The summed E-state index contributed by atoms with van der Waals surface area (Å²) in [5.74, 6) is -2.84. The second-order valence-electron chi connectivity index (χ2n) is 4.73. The molecule has 0 bridgehead atoms. The van der Waals surface area contributed by atoms with Crippen LogP contribution in [-0.4, -0.2) is 37.0 Å². The van der Waals surface area contributed by atoms with Crippen LogP contribution in [0.15, 0.2) is 5.11 Å². The number of hydrogen-bond acceptors (Lipinski definition) is 2. The molecule has 0 N–H and O–H groups in total. The molecule has 0 amide bonds. The second kappa shape index (κ2) is 4.55. The molecule has 0 aromatic heterocycles. The van der Waals surface area contributed by atoms with Gasteiger partial charge in [0.15, 0.2) is 0 Å². The van der Waals surface area contributed by atoms with Crippen molar-refractivity contribution in [2.45, 2.75) is 25.2 Å². The third kappa shape index (κ3) is 2.28. The van der Waals surface area contributed by atoms with Crippen LogP contribution < -0.4 is 0 Å². The first-order valence-electron chi connectivity index (χ1n) is 5.74. The van der Waals surface area contributed by atoms with Crippen LogP contribution in [0.4, 0.5) is 8.78 Å². The van der Waals surface area contributed by atoms with Crippen LogP contribution in [0, 0.1) is 11.8 Å². The Kier molecular flexibility index (Phi) is 3.30. The Hall–Kier alpha value is -0.870. The number of azide groups is 1. The second-order valence-corrected chi connectivity index (χ2v) is 4.73. The molecule has 2 atom stereocenters. The van der Waals surface area contributed by atoms with Crippen molar-refractivity contribution in [3.05, 3.63) is 10.4 Å². The molecule has 1 aliphatic heterocycles. The molecule has 0 radical (unpaired) electrons. The minimum Gasteiger partial charge on any atom is -0.302 e. The zero-order valence-electron chi connectivity index (χ0n) is 9.15. The van der Waals surface area contributed by atoms with Gasteiger partial charge in [-0.1, -0.05) is 5.11 Å². The molecule has 1 saturated carbocycles. The molecule has 90 valence electrons. The molecule has 1 saturated heterocycles. The molecule has 0 unspecified atom stereocenters. The van der Waals surface area contributed by atoms with Gasteiger partial charge in [-0.25, -0.2) is 8.78 Å². The van der Waals surface area contributed by atoms with Crippen molar-refractivity contribution in [2.75, 3.05) is 26.2 Å². The zero-order valence-corrected chi connectivity index (χ0v) is 9.15. The van der Waals surface area contributed by atoms with Gasteiger partial charge in [0.25, 0.3) is 5.92 Å². The highest BCUT2D eigenvalue weighted by molar-refractivity contribution is 4.95. The first kappa shape index (κ1) is 11.6. The van der Waals surface area contributed by atoms with Gasteiger partial charge >= 0.3 is 0 Å². The third-order valence-corrected chi connectivity index (χ3v) is 3.72. The van der Waals surface area contributed by atoms with Crippen molar-refractivity contribution in [2.24, 2.45) is 17.0 Å². The SMILES string of the molecule is [N-]=[N+]=NCCN1C[C@@H]2CCCC(F)(F)[C@@H]2C1. The first-order chi connectivity index (χ1) is 7.63. The van der Waals surface area contributed by atoms with Gasteiger partial charge in [0, 0.05) is 43.4 Å². The van der Waals surface area contributed by atoms with Crippen LogP contribution in [0.3, 0.4) is 0 Å². The number of halogens is 2. The van der Waals surface area contributed by atoms with Crippen LogP contribution in [-0.2, 0) is 0 Å². The van der Waals surface area contributed by atoms with Gasteiger partial charge in [-0.3, -0.25) is 0 Å². The molecule has 0 spiro atoms. The number of likely N-dealkylation sites (tertiary alicyclic amines) is 1. The fraction of sp³-hybridized carbons (Fsp3) is 1.00. The highest BCUT2D eigenvalue weighted by atomic mass is 19.3. The van der Waals surface area contributed by atoms with Gasteiger partial charge in [0.05, 0.1) is 0 Å². The lowest BCUT2D eigenvalue weighted by atomic mass is 9.79. The Morgan fingerprint density at radius 1 is 1.44 bits per heavy atom. The standard InChI is InChI=1S/C10H16F2N4/c11-10(12)3-1-2-8-6-16(7-9(8)10)5-4-14-15-13/h8-9H,1-7H2/t8-,9+/m0/s1. The first-order valence-corrected chi connectivity index (χ1v) is 5.74. The summed E-state index contributed by atoms with van der Waals surface area (Å²) in [5, 5.41) is 3.44. The average Bonchev–Trinajstić information content (AvgIpc) is 2.62. The molecule has 0 aromatic carbocycles. The van der Waals surface area contributed by atoms with E-state index in [1.807, 2.05) is 4.90 Å². The van der Waals surface area contributed by atoms with Gasteiger partial charge in [-0.2, -0.15) is 0 Å². The normalized spacial score (nSPS) is 33.1. The number of alkyl halides is 2. The molecule has 6 heteroatoms. The highest BCUT2D eigenvalue weighted by Gasteiger charge is 2.50. The van der Waals surface area contributed by atoms with Crippen molar-refractivity contribution in [3.8, 4) is 0 Å². The number of fused-ring (bicyclic) bond motifs is 1. The molecule has 2 rings (SSSR count). The summed E-state index contributed by atoms with van der Waals surface area (Å²) in [6, 6.07) is 0. The minimum atomic E-state index is -2.49. The van der Waals surface area contributed by atoms with Crippen molar-refractivity contribution < 1.29 is 8.78 Å². The lowest BCUT2D eigenvalue weighted by molar-refractivity contribution is -0.0945. The van der Waals surface area contributed by atoms with Crippen LogP contribution >= 0.6 is 0 Å². The van der Waals surface area contributed by atoms with E-state index >= 15 is 0 Å². The molecule has 1 heterocycles. The van der Waals surface area contributed by atoms with Crippen molar-refractivity contribution >= 4 is 0 Å². The molecule has 2 aliphatic rings. The number of rotatable bonds is 3. The summed E-state index contributed by atoms with van der Waals surface area (Å²) in [5.41, 5.74) is 8.15. The van der Waals surface area contributed by atoms with E-state index in [1.54, 1.807) is 0 Å². The maximum absolute atomic E-state index is 13.6. The number of hydrogen-bond donors (Lipinski definition) is 0. The van der Waals surface area contributed by atoms with Gasteiger partial charge in [0.1, 0.15) is 0 Å². The monoisotopic (exact) mass is 230 g/mol. The molecular formula is C10H16F2N4. The van der Waals surface area contributed by atoms with E-state index in [2.05, 4.69) is 10.0 Å². The Morgan fingerprint density at radius 2 is 2.25 bits per heavy atom. The number of nitrogens with zero attached hydrogens (tertiary/aromatic N) is 4. The molecule has 16 heavy (non-hydrogen) atoms. The van der Waals surface area contributed by atoms with E-state index in [0.29, 0.717) is 26.1 Å². The van der Waals surface area contributed by atoms with E-state index < -0.39 is 11.8 Å². The Bertz CT molecular complexity index is 301. The summed E-state index contributed by atoms with van der Waals surface area (Å²) in [4.78, 5) is 4.67. The predicted molar refractivity (Wildman–Crippen MR) is 56.2 cm³/mol. The van der Waals surface area contributed by atoms with E-state index in [4.69, 9.17) is 5.53 Å². The van der Waals surface area contributed by atoms with Crippen molar-refractivity contribution in [1.82, 2.24) is 4.90 Å². The predicted octanol–water partition coefficient (Wildman–Crippen LogP) is 2.66. The smallest absolute Gasteiger partial charge is 0.252 e. The third-order valence-electron chi connectivity index (χ3n) is 3.72. The van der Waals surface area contributed by atoms with Crippen LogP contribution in [0.25, 0.3) is 10.4 Å². The van der Waals surface area contributed by atoms with Gasteiger partial charge < -0.3 is 4.90 Å². The molecule has 0 aromatic rings. The van der Waals surface area contributed by atoms with E-state index in [0.717, 1.165) is 13.0 Å². The molecular weight excluding hydrogens is 214 g/mol. The Balaban J connectivity index is 1.91. The lowest BCUT2D eigenvalue weighted by Gasteiger charge is -2.32. The summed E-state index contributed by atoms with van der Waals surface area (Å²) in [6.45, 7) is 2.18. The summed E-state index contributed by atoms with van der Waals surface area (Å²) in [7, 11) is 0. The maximum atomic E-state index is 13.6. The summed E-state index contributed by atoms with van der Waals surface area (Å²) >= 11 is 0. The van der Waals surface area contributed by atoms with Gasteiger partial charge in [-0.05, 0) is 24.3 Å². The molecule has 2 fully saturated rings. The topological polar surface area (TPSA) is 52.0 Å². The van der Waals surface area contributed by atoms with Gasteiger partial charge in [0.2, 0.25) is 0 Å². The van der Waals surface area contributed by atoms with Crippen LogP contribution in [0.1, 0.15) is 19.3 Å². The van der Waals surface area contributed by atoms with Crippen LogP contribution in [0.2, 0.25) is 0 Å². The summed E-state index contributed by atoms with van der Waals surface area (Å²) < 4.78 is 27.2. The maximum Gasteiger partial charge on any atom is 0.252 e. The van der Waals surface area contributed by atoms with Gasteiger partial charge in [-0.15, -0.1) is 0 Å². The molecule has 1 aliphatic carbocycles. The Labute approximate surface area is 93.2 Å². The van der Waals surface area contributed by atoms with E-state index in [-0.39, 0.29) is 12.3 Å². The van der Waals surface area contributed by atoms with Crippen LogP contribution in [0.5, 0.6) is 0 Å². The summed E-state index contributed by atoms with van der Waals surface area (Å²) in [6.07, 6.45) is 1.59. The highest BCUT2D eigenvalue weighted by Crippen LogP contribution is 2.45. The molecule has 4 nitrogen and oxygen atoms in total. The Morgan fingerprint density at radius 3 is 2.94 bits per heavy atom. The largest absolute Gasteiger partial charge is 0.302 e. The van der Waals surface area contributed by atoms with E-state index in [9.17, 15) is 8.78 Å². The van der Waals surface area contributed by atoms with Crippen molar-refractivity contribution in [1.29, 1.82) is 0 Å². The average molecular weight is 230 g/mol.